The average Bonchev–Trinajstić information content (AvgIpc) is 3.00. The van der Waals surface area contributed by atoms with Gasteiger partial charge in [-0.15, -0.1) is 11.3 Å². The summed E-state index contributed by atoms with van der Waals surface area (Å²) in [4.78, 5) is 5.69. The van der Waals surface area contributed by atoms with Gasteiger partial charge in [0.25, 0.3) is 0 Å². The number of benzene rings is 1. The first-order valence-electron chi connectivity index (χ1n) is 7.34. The minimum atomic E-state index is 0.436. The quantitative estimate of drug-likeness (QED) is 0.748. The Kier molecular flexibility index (Phi) is 3.49. The van der Waals surface area contributed by atoms with Crippen molar-refractivity contribution in [3.05, 3.63) is 40.9 Å². The molecule has 2 aromatic heterocycles. The molecule has 4 heteroatoms. The van der Waals surface area contributed by atoms with Gasteiger partial charge in [-0.1, -0.05) is 52.0 Å². The van der Waals surface area contributed by atoms with Gasteiger partial charge in [-0.05, 0) is 17.4 Å². The number of aromatic nitrogens is 2. The summed E-state index contributed by atoms with van der Waals surface area (Å²) in [6.07, 6.45) is 0. The normalized spacial score (nSPS) is 11.9. The van der Waals surface area contributed by atoms with Gasteiger partial charge in [-0.25, -0.2) is 4.98 Å². The van der Waals surface area contributed by atoms with Crippen molar-refractivity contribution in [1.82, 2.24) is 9.38 Å². The molecule has 1 aromatic carbocycles. The average molecular weight is 299 g/mol. The molecule has 0 bridgehead atoms. The van der Waals surface area contributed by atoms with Crippen LogP contribution in [0.25, 0.3) is 16.2 Å². The van der Waals surface area contributed by atoms with Crippen LogP contribution in [0, 0.1) is 0 Å². The van der Waals surface area contributed by atoms with E-state index in [4.69, 9.17) is 10.7 Å². The Morgan fingerprint density at radius 2 is 1.71 bits per heavy atom. The first kappa shape index (κ1) is 14.1. The predicted molar refractivity (Wildman–Crippen MR) is 91.1 cm³/mol. The monoisotopic (exact) mass is 299 g/mol. The maximum absolute atomic E-state index is 6.36. The number of hydrogen-bond acceptors (Lipinski definition) is 3. The van der Waals surface area contributed by atoms with E-state index in [0.29, 0.717) is 11.8 Å². The number of nitrogens with two attached hydrogens (primary N) is 1. The molecule has 0 unspecified atom stereocenters. The van der Waals surface area contributed by atoms with Crippen LogP contribution in [0.5, 0.6) is 0 Å². The summed E-state index contributed by atoms with van der Waals surface area (Å²) in [5, 5.41) is 2.15. The van der Waals surface area contributed by atoms with Gasteiger partial charge in [0.2, 0.25) is 0 Å². The minimum absolute atomic E-state index is 0.436. The third kappa shape index (κ3) is 2.33. The highest BCUT2D eigenvalue weighted by Crippen LogP contribution is 2.33. The standard InChI is InChI=1S/C17H21N3S/c1-10(2)12-5-7-13(8-6-12)15-16(18)20-14(11(3)4)9-21-17(20)19-15/h5-11H,18H2,1-4H3. The number of thiazole rings is 1. The zero-order valence-corrected chi connectivity index (χ0v) is 13.7. The maximum atomic E-state index is 6.36. The highest BCUT2D eigenvalue weighted by molar-refractivity contribution is 7.15. The Balaban J connectivity index is 2.10. The Bertz CT molecular complexity index is 763. The van der Waals surface area contributed by atoms with E-state index >= 15 is 0 Å². The molecule has 0 aliphatic heterocycles. The lowest BCUT2D eigenvalue weighted by Gasteiger charge is -2.07. The largest absolute Gasteiger partial charge is 0.383 e. The van der Waals surface area contributed by atoms with E-state index in [1.165, 1.54) is 11.3 Å². The number of nitrogen functional groups attached to an aromatic ring is 1. The second kappa shape index (κ2) is 5.19. The SMILES string of the molecule is CC(C)c1ccc(-c2nc3scc(C(C)C)n3c2N)cc1. The molecule has 0 saturated carbocycles. The predicted octanol–water partition coefficient (Wildman–Crippen LogP) is 4.89. The molecular formula is C17H21N3S. The maximum Gasteiger partial charge on any atom is 0.196 e. The van der Waals surface area contributed by atoms with Gasteiger partial charge >= 0.3 is 0 Å². The van der Waals surface area contributed by atoms with E-state index < -0.39 is 0 Å². The molecule has 0 fully saturated rings. The van der Waals surface area contributed by atoms with Crippen molar-refractivity contribution in [2.75, 3.05) is 5.73 Å². The molecule has 3 rings (SSSR count). The van der Waals surface area contributed by atoms with Crippen molar-refractivity contribution in [2.24, 2.45) is 0 Å². The molecule has 2 N–H and O–H groups in total. The topological polar surface area (TPSA) is 43.3 Å². The van der Waals surface area contributed by atoms with E-state index in [1.807, 2.05) is 0 Å². The molecule has 0 saturated heterocycles. The summed E-state index contributed by atoms with van der Waals surface area (Å²) >= 11 is 1.65. The fraction of sp³-hybridized carbons (Fsp3) is 0.353. The summed E-state index contributed by atoms with van der Waals surface area (Å²) in [6.45, 7) is 8.76. The van der Waals surface area contributed by atoms with Crippen LogP contribution in [0.15, 0.2) is 29.6 Å². The fourth-order valence-corrected chi connectivity index (χ4v) is 3.60. The van der Waals surface area contributed by atoms with Gasteiger partial charge in [-0.2, -0.15) is 0 Å². The van der Waals surface area contributed by atoms with Crippen molar-refractivity contribution in [3.8, 4) is 11.3 Å². The van der Waals surface area contributed by atoms with Crippen LogP contribution in [-0.2, 0) is 0 Å². The molecule has 0 amide bonds. The number of nitrogens with zero attached hydrogens (tertiary/aromatic N) is 2. The third-order valence-electron chi connectivity index (χ3n) is 3.87. The van der Waals surface area contributed by atoms with Crippen molar-refractivity contribution in [2.45, 2.75) is 39.5 Å². The molecule has 0 spiro atoms. The van der Waals surface area contributed by atoms with Gasteiger partial charge < -0.3 is 5.73 Å². The first-order valence-corrected chi connectivity index (χ1v) is 8.22. The second-order valence-electron chi connectivity index (χ2n) is 6.06. The lowest BCUT2D eigenvalue weighted by Crippen LogP contribution is -1.99. The number of fused-ring (bicyclic) bond motifs is 1. The van der Waals surface area contributed by atoms with E-state index in [2.05, 4.69) is 61.7 Å². The Hall–Kier alpha value is -1.81. The van der Waals surface area contributed by atoms with Crippen LogP contribution in [0.3, 0.4) is 0 Å². The van der Waals surface area contributed by atoms with Gasteiger partial charge in [0.05, 0.1) is 0 Å². The Morgan fingerprint density at radius 3 is 2.29 bits per heavy atom. The van der Waals surface area contributed by atoms with Crippen molar-refractivity contribution in [1.29, 1.82) is 0 Å². The van der Waals surface area contributed by atoms with Crippen LogP contribution < -0.4 is 5.73 Å². The van der Waals surface area contributed by atoms with Crippen LogP contribution in [-0.4, -0.2) is 9.38 Å². The zero-order chi connectivity index (χ0) is 15.1. The van der Waals surface area contributed by atoms with Gasteiger partial charge in [0.1, 0.15) is 11.5 Å². The summed E-state index contributed by atoms with van der Waals surface area (Å²) in [6, 6.07) is 8.56. The fourth-order valence-electron chi connectivity index (χ4n) is 2.54. The number of anilines is 1. The van der Waals surface area contributed by atoms with Gasteiger partial charge in [0, 0.05) is 16.6 Å². The number of imidazole rings is 1. The van der Waals surface area contributed by atoms with E-state index in [-0.39, 0.29) is 0 Å². The van der Waals surface area contributed by atoms with Crippen LogP contribution in [0.2, 0.25) is 0 Å². The first-order chi connectivity index (χ1) is 9.99. The molecule has 0 aliphatic rings. The summed E-state index contributed by atoms with van der Waals surface area (Å²) < 4.78 is 2.08. The summed E-state index contributed by atoms with van der Waals surface area (Å²) in [5.41, 5.74) is 10.9. The van der Waals surface area contributed by atoms with E-state index in [0.717, 1.165) is 22.0 Å². The molecule has 3 nitrogen and oxygen atoms in total. The summed E-state index contributed by atoms with van der Waals surface area (Å²) in [5.74, 6) is 1.72. The Morgan fingerprint density at radius 1 is 1.05 bits per heavy atom. The highest BCUT2D eigenvalue weighted by atomic mass is 32.1. The highest BCUT2D eigenvalue weighted by Gasteiger charge is 2.17. The van der Waals surface area contributed by atoms with E-state index in [1.54, 1.807) is 11.3 Å². The Labute approximate surface area is 129 Å². The van der Waals surface area contributed by atoms with Gasteiger partial charge in [-0.3, -0.25) is 4.40 Å². The number of hydrogen-bond donors (Lipinski definition) is 1. The van der Waals surface area contributed by atoms with Gasteiger partial charge in [0.15, 0.2) is 4.96 Å². The third-order valence-corrected chi connectivity index (χ3v) is 4.71. The second-order valence-corrected chi connectivity index (χ2v) is 6.89. The van der Waals surface area contributed by atoms with Crippen molar-refractivity contribution >= 4 is 22.1 Å². The lowest BCUT2D eigenvalue weighted by atomic mass is 10.0. The molecule has 110 valence electrons. The van der Waals surface area contributed by atoms with Crippen LogP contribution in [0.4, 0.5) is 5.82 Å². The summed E-state index contributed by atoms with van der Waals surface area (Å²) in [7, 11) is 0. The molecule has 2 heterocycles. The van der Waals surface area contributed by atoms with Crippen molar-refractivity contribution < 1.29 is 0 Å². The van der Waals surface area contributed by atoms with Crippen LogP contribution in [0.1, 0.15) is 50.8 Å². The molecule has 3 aromatic rings. The minimum Gasteiger partial charge on any atom is -0.383 e. The smallest absolute Gasteiger partial charge is 0.196 e. The lowest BCUT2D eigenvalue weighted by molar-refractivity contribution is 0.814. The molecular weight excluding hydrogens is 278 g/mol. The van der Waals surface area contributed by atoms with Crippen LogP contribution >= 0.6 is 11.3 Å². The van der Waals surface area contributed by atoms with E-state index in [9.17, 15) is 0 Å². The number of rotatable bonds is 3. The zero-order valence-electron chi connectivity index (χ0n) is 12.9. The molecule has 0 radical (unpaired) electrons. The van der Waals surface area contributed by atoms with Crippen molar-refractivity contribution in [3.63, 3.8) is 0 Å². The molecule has 21 heavy (non-hydrogen) atoms. The molecule has 0 aliphatic carbocycles. The molecule has 0 atom stereocenters.